The normalized spacial score (nSPS) is 31.2. The zero-order valence-corrected chi connectivity index (χ0v) is 9.44. The molecule has 76 valence electrons. The van der Waals surface area contributed by atoms with E-state index in [1.165, 1.54) is 0 Å². The molecule has 0 radical (unpaired) electrons. The first kappa shape index (κ1) is 10.1. The number of hydrogen-bond acceptors (Lipinski definition) is 2. The zero-order chi connectivity index (χ0) is 10.3. The number of halogens is 1. The van der Waals surface area contributed by atoms with Crippen LogP contribution in [0.4, 0.5) is 0 Å². The van der Waals surface area contributed by atoms with Crippen molar-refractivity contribution in [2.45, 2.75) is 29.5 Å². The summed E-state index contributed by atoms with van der Waals surface area (Å²) in [5, 5.41) is 0.796. The summed E-state index contributed by atoms with van der Waals surface area (Å²) in [5.41, 5.74) is 6.91. The summed E-state index contributed by atoms with van der Waals surface area (Å²) >= 11 is 5.87. The molecule has 0 aliphatic carbocycles. The van der Waals surface area contributed by atoms with Crippen molar-refractivity contribution in [3.05, 3.63) is 28.8 Å². The van der Waals surface area contributed by atoms with E-state index in [0.29, 0.717) is 5.02 Å². The first-order valence-electron chi connectivity index (χ1n) is 4.55. The Morgan fingerprint density at radius 2 is 2.29 bits per heavy atom. The molecule has 0 saturated carbocycles. The van der Waals surface area contributed by atoms with Gasteiger partial charge in [0.05, 0.1) is 10.8 Å². The van der Waals surface area contributed by atoms with Gasteiger partial charge in [0.15, 0.2) is 0 Å². The van der Waals surface area contributed by atoms with Gasteiger partial charge in [-0.1, -0.05) is 18.5 Å². The maximum absolute atomic E-state index is 11.9. The van der Waals surface area contributed by atoms with Crippen LogP contribution in [0.3, 0.4) is 0 Å². The molecule has 0 fully saturated rings. The van der Waals surface area contributed by atoms with E-state index in [1.54, 1.807) is 6.07 Å². The molecule has 0 saturated heterocycles. The second-order valence-corrected chi connectivity index (χ2v) is 5.91. The fourth-order valence-electron chi connectivity index (χ4n) is 1.78. The maximum atomic E-state index is 11.9. The van der Waals surface area contributed by atoms with Crippen LogP contribution in [0.25, 0.3) is 0 Å². The summed E-state index contributed by atoms with van der Waals surface area (Å²) in [6.07, 6.45) is 0.764. The Morgan fingerprint density at radius 1 is 1.57 bits per heavy atom. The van der Waals surface area contributed by atoms with Gasteiger partial charge in [-0.05, 0) is 30.2 Å². The highest BCUT2D eigenvalue weighted by Crippen LogP contribution is 2.33. The molecule has 0 amide bonds. The van der Waals surface area contributed by atoms with Gasteiger partial charge in [-0.15, -0.1) is 0 Å². The zero-order valence-electron chi connectivity index (χ0n) is 7.87. The molecule has 1 aromatic carbocycles. The van der Waals surface area contributed by atoms with E-state index >= 15 is 0 Å². The number of benzene rings is 1. The van der Waals surface area contributed by atoms with E-state index in [9.17, 15) is 4.21 Å². The lowest BCUT2D eigenvalue weighted by molar-refractivity contribution is 0.592. The van der Waals surface area contributed by atoms with E-state index in [1.807, 2.05) is 19.1 Å². The summed E-state index contributed by atoms with van der Waals surface area (Å²) in [5.74, 6) is 0. The highest BCUT2D eigenvalue weighted by atomic mass is 35.5. The summed E-state index contributed by atoms with van der Waals surface area (Å²) in [4.78, 5) is 0.848. The van der Waals surface area contributed by atoms with Crippen LogP contribution in [-0.2, 0) is 10.8 Å². The molecule has 2 rings (SSSR count). The standard InChI is InChI=1S/C10H12ClNOS/c1-6-4-9(12)8-5-7(11)2-3-10(8)14(6)13/h2-3,5-6,9H,4,12H2,1H3. The van der Waals surface area contributed by atoms with Crippen molar-refractivity contribution < 1.29 is 4.21 Å². The van der Waals surface area contributed by atoms with Crippen molar-refractivity contribution in [2.75, 3.05) is 0 Å². The molecule has 1 aromatic rings. The lowest BCUT2D eigenvalue weighted by Gasteiger charge is -2.26. The van der Waals surface area contributed by atoms with Crippen LogP contribution >= 0.6 is 11.6 Å². The summed E-state index contributed by atoms with van der Waals surface area (Å²) in [6.45, 7) is 1.97. The summed E-state index contributed by atoms with van der Waals surface area (Å²) < 4.78 is 11.9. The van der Waals surface area contributed by atoms with Crippen LogP contribution in [0.5, 0.6) is 0 Å². The fourth-order valence-corrected chi connectivity index (χ4v) is 3.42. The Bertz CT molecular complexity index is 394. The van der Waals surface area contributed by atoms with E-state index in [-0.39, 0.29) is 11.3 Å². The quantitative estimate of drug-likeness (QED) is 0.742. The largest absolute Gasteiger partial charge is 0.324 e. The van der Waals surface area contributed by atoms with Gasteiger partial charge in [0.25, 0.3) is 0 Å². The molecule has 1 aliphatic heterocycles. The molecule has 2 nitrogen and oxygen atoms in total. The Kier molecular flexibility index (Phi) is 2.64. The molecule has 1 aliphatic rings. The lowest BCUT2D eigenvalue weighted by Crippen LogP contribution is -2.27. The monoisotopic (exact) mass is 229 g/mol. The second-order valence-electron chi connectivity index (χ2n) is 3.63. The van der Waals surface area contributed by atoms with E-state index in [0.717, 1.165) is 16.9 Å². The number of rotatable bonds is 0. The van der Waals surface area contributed by atoms with Crippen molar-refractivity contribution in [1.29, 1.82) is 0 Å². The molecule has 1 heterocycles. The SMILES string of the molecule is CC1CC(N)c2cc(Cl)ccc2S1=O. The van der Waals surface area contributed by atoms with Crippen LogP contribution in [-0.4, -0.2) is 9.46 Å². The summed E-state index contributed by atoms with van der Waals surface area (Å²) in [7, 11) is -0.928. The first-order chi connectivity index (χ1) is 6.59. The highest BCUT2D eigenvalue weighted by Gasteiger charge is 2.27. The van der Waals surface area contributed by atoms with Gasteiger partial charge in [0, 0.05) is 21.2 Å². The van der Waals surface area contributed by atoms with Gasteiger partial charge < -0.3 is 5.73 Å². The Morgan fingerprint density at radius 3 is 3.00 bits per heavy atom. The van der Waals surface area contributed by atoms with E-state index in [2.05, 4.69) is 0 Å². The van der Waals surface area contributed by atoms with Gasteiger partial charge in [-0.25, -0.2) is 0 Å². The van der Waals surface area contributed by atoms with Crippen LogP contribution in [0, 0.1) is 0 Å². The van der Waals surface area contributed by atoms with Crippen LogP contribution in [0.1, 0.15) is 24.9 Å². The van der Waals surface area contributed by atoms with Crippen LogP contribution in [0.15, 0.2) is 23.1 Å². The molecular weight excluding hydrogens is 218 g/mol. The van der Waals surface area contributed by atoms with Crippen LogP contribution in [0.2, 0.25) is 5.02 Å². The third kappa shape index (κ3) is 1.60. The fraction of sp³-hybridized carbons (Fsp3) is 0.400. The Labute approximate surface area is 90.9 Å². The minimum atomic E-state index is -0.928. The molecule has 3 atom stereocenters. The molecule has 0 bridgehead atoms. The van der Waals surface area contributed by atoms with E-state index < -0.39 is 10.8 Å². The van der Waals surface area contributed by atoms with E-state index in [4.69, 9.17) is 17.3 Å². The average molecular weight is 230 g/mol. The van der Waals surface area contributed by atoms with Gasteiger partial charge in [-0.3, -0.25) is 4.21 Å². The van der Waals surface area contributed by atoms with Crippen molar-refractivity contribution >= 4 is 22.4 Å². The van der Waals surface area contributed by atoms with Gasteiger partial charge in [0.2, 0.25) is 0 Å². The van der Waals surface area contributed by atoms with Gasteiger partial charge >= 0.3 is 0 Å². The molecule has 14 heavy (non-hydrogen) atoms. The number of fused-ring (bicyclic) bond motifs is 1. The number of hydrogen-bond donors (Lipinski definition) is 1. The third-order valence-corrected chi connectivity index (χ3v) is 4.50. The number of nitrogens with two attached hydrogens (primary N) is 1. The minimum absolute atomic E-state index is 0.0311. The third-order valence-electron chi connectivity index (χ3n) is 2.54. The predicted octanol–water partition coefficient (Wildman–Crippen LogP) is 2.24. The minimum Gasteiger partial charge on any atom is -0.324 e. The smallest absolute Gasteiger partial charge is 0.0562 e. The molecule has 0 aromatic heterocycles. The second kappa shape index (κ2) is 3.65. The van der Waals surface area contributed by atoms with Crippen molar-refractivity contribution in [3.63, 3.8) is 0 Å². The average Bonchev–Trinajstić information content (AvgIpc) is 2.14. The van der Waals surface area contributed by atoms with Gasteiger partial charge in [0.1, 0.15) is 0 Å². The predicted molar refractivity (Wildman–Crippen MR) is 58.9 cm³/mol. The molecule has 2 N–H and O–H groups in total. The van der Waals surface area contributed by atoms with Crippen molar-refractivity contribution in [1.82, 2.24) is 0 Å². The lowest BCUT2D eigenvalue weighted by atomic mass is 10.0. The summed E-state index contributed by atoms with van der Waals surface area (Å²) in [6, 6.07) is 5.38. The molecule has 3 unspecified atom stereocenters. The Hall–Kier alpha value is -0.380. The van der Waals surface area contributed by atoms with Crippen molar-refractivity contribution in [2.24, 2.45) is 5.73 Å². The molecule has 0 spiro atoms. The van der Waals surface area contributed by atoms with Crippen molar-refractivity contribution in [3.8, 4) is 0 Å². The molecular formula is C10H12ClNOS. The maximum Gasteiger partial charge on any atom is 0.0562 e. The topological polar surface area (TPSA) is 43.1 Å². The van der Waals surface area contributed by atoms with Crippen LogP contribution < -0.4 is 5.73 Å². The highest BCUT2D eigenvalue weighted by molar-refractivity contribution is 7.85. The molecule has 4 heteroatoms. The van der Waals surface area contributed by atoms with Gasteiger partial charge in [-0.2, -0.15) is 0 Å². The Balaban J connectivity index is 2.56. The first-order valence-corrected chi connectivity index (χ1v) is 6.14.